The Balaban J connectivity index is 3.00. The standard InChI is InChI=1S/C4H7N5O2/c1-4(5,3(10)11)9-7-2-6-8-9/h2H,5H2,1H3,(H,10,11). The summed E-state index contributed by atoms with van der Waals surface area (Å²) in [5.74, 6) is -1.21. The molecule has 0 amide bonds. The quantitative estimate of drug-likeness (QED) is 0.534. The molecular weight excluding hydrogens is 150 g/mol. The lowest BCUT2D eigenvalue weighted by atomic mass is 10.2. The highest BCUT2D eigenvalue weighted by Gasteiger charge is 2.32. The molecule has 0 fully saturated rings. The molecule has 0 aliphatic rings. The Hall–Kier alpha value is -1.50. The zero-order valence-electron chi connectivity index (χ0n) is 5.80. The molecule has 0 aliphatic heterocycles. The van der Waals surface area contributed by atoms with Crippen molar-refractivity contribution in [1.82, 2.24) is 20.2 Å². The van der Waals surface area contributed by atoms with Gasteiger partial charge in [0.15, 0.2) is 6.33 Å². The molecule has 1 atom stereocenters. The minimum Gasteiger partial charge on any atom is -0.478 e. The first-order valence-electron chi connectivity index (χ1n) is 2.81. The maximum absolute atomic E-state index is 10.5. The van der Waals surface area contributed by atoms with Crippen LogP contribution in [0.3, 0.4) is 0 Å². The van der Waals surface area contributed by atoms with Gasteiger partial charge in [0.1, 0.15) is 0 Å². The predicted octanol–water partition coefficient (Wildman–Crippen LogP) is -1.61. The number of aliphatic carboxylic acids is 1. The number of rotatable bonds is 2. The van der Waals surface area contributed by atoms with Crippen molar-refractivity contribution in [2.75, 3.05) is 0 Å². The monoisotopic (exact) mass is 157 g/mol. The average molecular weight is 157 g/mol. The predicted molar refractivity (Wildman–Crippen MR) is 33.3 cm³/mol. The number of nitrogens with two attached hydrogens (primary N) is 1. The highest BCUT2D eigenvalue weighted by atomic mass is 16.4. The van der Waals surface area contributed by atoms with E-state index in [9.17, 15) is 4.79 Å². The van der Waals surface area contributed by atoms with Crippen LogP contribution >= 0.6 is 0 Å². The molecule has 7 heteroatoms. The largest absolute Gasteiger partial charge is 0.478 e. The van der Waals surface area contributed by atoms with Crippen LogP contribution in [0.15, 0.2) is 6.33 Å². The number of carboxylic acid groups (broad SMARTS) is 1. The molecule has 1 unspecified atom stereocenters. The van der Waals surface area contributed by atoms with Gasteiger partial charge in [0.05, 0.1) is 0 Å². The molecule has 11 heavy (non-hydrogen) atoms. The fourth-order valence-corrected chi connectivity index (χ4v) is 0.465. The third-order valence-electron chi connectivity index (χ3n) is 1.20. The molecule has 1 rings (SSSR count). The molecule has 0 bridgehead atoms. The smallest absolute Gasteiger partial charge is 0.348 e. The maximum Gasteiger partial charge on any atom is 0.348 e. The second kappa shape index (κ2) is 2.27. The molecule has 1 heterocycles. The van der Waals surface area contributed by atoms with Crippen molar-refractivity contribution in [3.63, 3.8) is 0 Å². The summed E-state index contributed by atoms with van der Waals surface area (Å²) in [6, 6.07) is 0. The Kier molecular flexibility index (Phi) is 1.57. The SMILES string of the molecule is CC(N)(C(=O)O)n1ncnn1. The summed E-state index contributed by atoms with van der Waals surface area (Å²) in [7, 11) is 0. The molecule has 0 aromatic carbocycles. The van der Waals surface area contributed by atoms with Crippen LogP contribution in [0.1, 0.15) is 6.92 Å². The molecule has 0 saturated carbocycles. The van der Waals surface area contributed by atoms with Crippen molar-refractivity contribution < 1.29 is 9.90 Å². The van der Waals surface area contributed by atoms with Crippen LogP contribution in [0.25, 0.3) is 0 Å². The van der Waals surface area contributed by atoms with Gasteiger partial charge in [0, 0.05) is 0 Å². The molecule has 0 spiro atoms. The number of tetrazole rings is 1. The minimum atomic E-state index is -1.63. The summed E-state index contributed by atoms with van der Waals surface area (Å²) in [5.41, 5.74) is 3.70. The summed E-state index contributed by atoms with van der Waals surface area (Å²) in [6.07, 6.45) is 1.12. The van der Waals surface area contributed by atoms with E-state index in [0.29, 0.717) is 0 Å². The van der Waals surface area contributed by atoms with Gasteiger partial charge in [-0.25, -0.2) is 4.79 Å². The van der Waals surface area contributed by atoms with Crippen LogP contribution in [-0.4, -0.2) is 31.3 Å². The van der Waals surface area contributed by atoms with Crippen molar-refractivity contribution in [2.45, 2.75) is 12.6 Å². The maximum atomic E-state index is 10.5. The first kappa shape index (κ1) is 7.61. The Labute approximate surface area is 61.8 Å². The van der Waals surface area contributed by atoms with Crippen molar-refractivity contribution in [1.29, 1.82) is 0 Å². The normalized spacial score (nSPS) is 15.8. The van der Waals surface area contributed by atoms with E-state index in [1.807, 2.05) is 0 Å². The Bertz CT molecular complexity index is 253. The molecule has 1 aromatic rings. The molecule has 0 radical (unpaired) electrons. The van der Waals surface area contributed by atoms with Gasteiger partial charge in [-0.2, -0.15) is 0 Å². The topological polar surface area (TPSA) is 107 Å². The Morgan fingerprint density at radius 2 is 2.45 bits per heavy atom. The fraction of sp³-hybridized carbons (Fsp3) is 0.500. The number of nitrogens with zero attached hydrogens (tertiary/aromatic N) is 4. The molecule has 1 aromatic heterocycles. The third kappa shape index (κ3) is 1.17. The highest BCUT2D eigenvalue weighted by molar-refractivity contribution is 5.74. The van der Waals surface area contributed by atoms with E-state index in [-0.39, 0.29) is 0 Å². The number of hydrogen-bond donors (Lipinski definition) is 2. The first-order valence-corrected chi connectivity index (χ1v) is 2.81. The van der Waals surface area contributed by atoms with E-state index in [0.717, 1.165) is 11.1 Å². The van der Waals surface area contributed by atoms with E-state index in [4.69, 9.17) is 10.8 Å². The zero-order valence-corrected chi connectivity index (χ0v) is 5.80. The van der Waals surface area contributed by atoms with E-state index in [1.165, 1.54) is 6.92 Å². The highest BCUT2D eigenvalue weighted by Crippen LogP contribution is 2.02. The lowest BCUT2D eigenvalue weighted by Gasteiger charge is -2.15. The van der Waals surface area contributed by atoms with Gasteiger partial charge >= 0.3 is 5.97 Å². The number of hydrogen-bond acceptors (Lipinski definition) is 5. The van der Waals surface area contributed by atoms with Crippen LogP contribution < -0.4 is 5.73 Å². The van der Waals surface area contributed by atoms with E-state index >= 15 is 0 Å². The minimum absolute atomic E-state index is 0.829. The Morgan fingerprint density at radius 1 is 1.82 bits per heavy atom. The van der Waals surface area contributed by atoms with Crippen LogP contribution in [-0.2, 0) is 10.5 Å². The van der Waals surface area contributed by atoms with Gasteiger partial charge in [-0.3, -0.25) is 5.73 Å². The van der Waals surface area contributed by atoms with Crippen molar-refractivity contribution >= 4 is 5.97 Å². The van der Waals surface area contributed by atoms with Crippen molar-refractivity contribution in [2.24, 2.45) is 5.73 Å². The van der Waals surface area contributed by atoms with Crippen molar-refractivity contribution in [3.05, 3.63) is 6.33 Å². The molecule has 3 N–H and O–H groups in total. The number of aromatic nitrogens is 4. The second-order valence-electron chi connectivity index (χ2n) is 2.18. The summed E-state index contributed by atoms with van der Waals surface area (Å²) in [5, 5.41) is 18.7. The Morgan fingerprint density at radius 3 is 2.82 bits per heavy atom. The third-order valence-corrected chi connectivity index (χ3v) is 1.20. The van der Waals surface area contributed by atoms with Crippen LogP contribution in [0.5, 0.6) is 0 Å². The second-order valence-corrected chi connectivity index (χ2v) is 2.18. The first-order chi connectivity index (χ1) is 5.05. The molecule has 0 aliphatic carbocycles. The van der Waals surface area contributed by atoms with Gasteiger partial charge in [-0.15, -0.1) is 15.0 Å². The number of carbonyl (C=O) groups is 1. The van der Waals surface area contributed by atoms with Gasteiger partial charge in [-0.05, 0) is 12.1 Å². The van der Waals surface area contributed by atoms with Crippen LogP contribution in [0, 0.1) is 0 Å². The lowest BCUT2D eigenvalue weighted by molar-refractivity contribution is -0.147. The van der Waals surface area contributed by atoms with Gasteiger partial charge in [-0.1, -0.05) is 0 Å². The molecule has 7 nitrogen and oxygen atoms in total. The number of carboxylic acids is 1. The van der Waals surface area contributed by atoms with Crippen LogP contribution in [0.4, 0.5) is 0 Å². The van der Waals surface area contributed by atoms with Gasteiger partial charge in [0.25, 0.3) is 0 Å². The van der Waals surface area contributed by atoms with Crippen LogP contribution in [0.2, 0.25) is 0 Å². The molecule has 60 valence electrons. The fourth-order valence-electron chi connectivity index (χ4n) is 0.465. The lowest BCUT2D eigenvalue weighted by Crippen LogP contribution is -2.48. The summed E-state index contributed by atoms with van der Waals surface area (Å²) in [4.78, 5) is 11.3. The zero-order chi connectivity index (χ0) is 8.48. The average Bonchev–Trinajstić information content (AvgIpc) is 2.37. The van der Waals surface area contributed by atoms with E-state index < -0.39 is 11.6 Å². The van der Waals surface area contributed by atoms with E-state index in [1.54, 1.807) is 0 Å². The van der Waals surface area contributed by atoms with E-state index in [2.05, 4.69) is 15.4 Å². The molecular formula is C4H7N5O2. The summed E-state index contributed by atoms with van der Waals surface area (Å²) < 4.78 is 0. The summed E-state index contributed by atoms with van der Waals surface area (Å²) in [6.45, 7) is 1.27. The van der Waals surface area contributed by atoms with Crippen molar-refractivity contribution in [3.8, 4) is 0 Å². The molecule has 0 saturated heterocycles. The van der Waals surface area contributed by atoms with Gasteiger partial charge < -0.3 is 5.11 Å². The van der Waals surface area contributed by atoms with Gasteiger partial charge in [0.2, 0.25) is 5.66 Å². The summed E-state index contributed by atoms with van der Waals surface area (Å²) >= 11 is 0.